The summed E-state index contributed by atoms with van der Waals surface area (Å²) in [5.74, 6) is -0.915. The molecular weight excluding hydrogens is 410 g/mol. The number of anilines is 1. The van der Waals surface area contributed by atoms with Crippen LogP contribution in [0.2, 0.25) is 5.02 Å². The van der Waals surface area contributed by atoms with Crippen LogP contribution in [0.5, 0.6) is 5.75 Å². The number of hydrogen-bond donors (Lipinski definition) is 1. The summed E-state index contributed by atoms with van der Waals surface area (Å²) in [6.45, 7) is 0.726. The molecule has 7 heteroatoms. The zero-order valence-electron chi connectivity index (χ0n) is 15.9. The molecule has 4 nitrogen and oxygen atoms in total. The van der Waals surface area contributed by atoms with Gasteiger partial charge in [-0.15, -0.1) is 0 Å². The van der Waals surface area contributed by atoms with E-state index in [1.807, 2.05) is 36.4 Å². The summed E-state index contributed by atoms with van der Waals surface area (Å²) in [5.41, 5.74) is 1.67. The van der Waals surface area contributed by atoms with Gasteiger partial charge in [0.05, 0.1) is 18.3 Å². The Labute approximate surface area is 178 Å². The number of rotatable bonds is 4. The van der Waals surface area contributed by atoms with Gasteiger partial charge in [-0.05, 0) is 29.8 Å². The predicted octanol–water partition coefficient (Wildman–Crippen LogP) is 6.18. The van der Waals surface area contributed by atoms with Crippen LogP contribution in [0.15, 0.2) is 66.7 Å². The van der Waals surface area contributed by atoms with Crippen LogP contribution in [0.1, 0.15) is 23.6 Å². The van der Waals surface area contributed by atoms with Crippen LogP contribution < -0.4 is 10.1 Å². The maximum absolute atomic E-state index is 14.1. The van der Waals surface area contributed by atoms with E-state index in [-0.39, 0.29) is 11.7 Å². The average molecular weight is 429 g/mol. The molecule has 0 aromatic heterocycles. The van der Waals surface area contributed by atoms with Crippen LogP contribution in [0.3, 0.4) is 0 Å². The van der Waals surface area contributed by atoms with E-state index in [0.29, 0.717) is 30.3 Å². The summed E-state index contributed by atoms with van der Waals surface area (Å²) in [7, 11) is 0. The molecule has 3 aromatic carbocycles. The largest absolute Gasteiger partial charge is 0.493 e. The van der Waals surface area contributed by atoms with Crippen molar-refractivity contribution in [2.24, 2.45) is 0 Å². The molecule has 1 unspecified atom stereocenters. The highest BCUT2D eigenvalue weighted by Crippen LogP contribution is 2.38. The summed E-state index contributed by atoms with van der Waals surface area (Å²) < 4.78 is 33.1. The minimum absolute atomic E-state index is 0.0807. The number of ether oxygens (including phenoxy) is 1. The van der Waals surface area contributed by atoms with Crippen molar-refractivity contribution >= 4 is 23.3 Å². The van der Waals surface area contributed by atoms with E-state index in [4.69, 9.17) is 16.3 Å². The second-order valence-electron chi connectivity index (χ2n) is 7.00. The van der Waals surface area contributed by atoms with E-state index in [1.165, 1.54) is 6.07 Å². The van der Waals surface area contributed by atoms with Crippen molar-refractivity contribution in [2.45, 2.75) is 19.0 Å². The Kier molecular flexibility index (Phi) is 5.86. The maximum atomic E-state index is 14.1. The van der Waals surface area contributed by atoms with Crippen LogP contribution in [-0.2, 0) is 6.54 Å². The molecule has 154 valence electrons. The van der Waals surface area contributed by atoms with Gasteiger partial charge in [0, 0.05) is 29.6 Å². The lowest BCUT2D eigenvalue weighted by atomic mass is 9.98. The third-order valence-electron chi connectivity index (χ3n) is 4.99. The number of benzene rings is 3. The fraction of sp³-hybridized carbons (Fsp3) is 0.174. The van der Waals surface area contributed by atoms with Gasteiger partial charge in [-0.25, -0.2) is 13.6 Å². The number of carbonyl (C=O) groups excluding carboxylic acids is 1. The molecule has 3 aromatic rings. The highest BCUT2D eigenvalue weighted by Gasteiger charge is 2.31. The molecule has 0 saturated carbocycles. The Hall–Kier alpha value is -3.12. The molecule has 1 aliphatic heterocycles. The molecule has 30 heavy (non-hydrogen) atoms. The summed E-state index contributed by atoms with van der Waals surface area (Å²) in [5, 5.41) is 3.12. The lowest BCUT2D eigenvalue weighted by Crippen LogP contribution is -2.39. The van der Waals surface area contributed by atoms with Gasteiger partial charge in [0.1, 0.15) is 17.4 Å². The number of nitrogens with zero attached hydrogens (tertiary/aromatic N) is 1. The van der Waals surface area contributed by atoms with E-state index < -0.39 is 17.7 Å². The zero-order chi connectivity index (χ0) is 21.1. The fourth-order valence-corrected chi connectivity index (χ4v) is 3.71. The van der Waals surface area contributed by atoms with Crippen LogP contribution in [0, 0.1) is 11.6 Å². The molecule has 2 amide bonds. The van der Waals surface area contributed by atoms with E-state index in [1.54, 1.807) is 17.0 Å². The SMILES string of the molecule is O=C(Nc1ccc(F)cc1F)N(Cc1ccccc1)C1CCOc2cc(Cl)ccc21. The van der Waals surface area contributed by atoms with Gasteiger partial charge in [-0.3, -0.25) is 0 Å². The molecule has 1 aliphatic rings. The maximum Gasteiger partial charge on any atom is 0.322 e. The molecule has 0 radical (unpaired) electrons. The summed E-state index contributed by atoms with van der Waals surface area (Å²) >= 11 is 6.09. The number of carbonyl (C=O) groups is 1. The quantitative estimate of drug-likeness (QED) is 0.539. The van der Waals surface area contributed by atoms with Crippen molar-refractivity contribution in [3.05, 3.63) is 94.5 Å². The van der Waals surface area contributed by atoms with Gasteiger partial charge < -0.3 is 15.0 Å². The first-order valence-electron chi connectivity index (χ1n) is 9.50. The fourth-order valence-electron chi connectivity index (χ4n) is 3.55. The van der Waals surface area contributed by atoms with E-state index in [2.05, 4.69) is 5.32 Å². The van der Waals surface area contributed by atoms with Crippen LogP contribution in [-0.4, -0.2) is 17.5 Å². The molecule has 0 spiro atoms. The van der Waals surface area contributed by atoms with Gasteiger partial charge in [0.15, 0.2) is 0 Å². The summed E-state index contributed by atoms with van der Waals surface area (Å²) in [6, 6.07) is 17.1. The second kappa shape index (κ2) is 8.71. The number of amides is 2. The topological polar surface area (TPSA) is 41.6 Å². The Morgan fingerprint density at radius 2 is 1.90 bits per heavy atom. The van der Waals surface area contributed by atoms with Crippen molar-refractivity contribution in [3.8, 4) is 5.75 Å². The monoisotopic (exact) mass is 428 g/mol. The Morgan fingerprint density at radius 1 is 1.10 bits per heavy atom. The molecule has 0 fully saturated rings. The molecule has 1 N–H and O–H groups in total. The van der Waals surface area contributed by atoms with Gasteiger partial charge in [0.2, 0.25) is 0 Å². The number of halogens is 3. The number of urea groups is 1. The van der Waals surface area contributed by atoms with Gasteiger partial charge in [-0.1, -0.05) is 48.0 Å². The first-order chi connectivity index (χ1) is 14.5. The minimum Gasteiger partial charge on any atom is -0.493 e. The third kappa shape index (κ3) is 4.39. The van der Waals surface area contributed by atoms with Crippen LogP contribution in [0.25, 0.3) is 0 Å². The van der Waals surface area contributed by atoms with Crippen molar-refractivity contribution in [1.82, 2.24) is 4.90 Å². The van der Waals surface area contributed by atoms with Crippen LogP contribution >= 0.6 is 11.6 Å². The smallest absolute Gasteiger partial charge is 0.322 e. The summed E-state index contributed by atoms with van der Waals surface area (Å²) in [6.07, 6.45) is 0.570. The van der Waals surface area contributed by atoms with Gasteiger partial charge in [0.25, 0.3) is 0 Å². The molecule has 0 aliphatic carbocycles. The molecule has 0 bridgehead atoms. The Balaban J connectivity index is 1.67. The highest BCUT2D eigenvalue weighted by atomic mass is 35.5. The van der Waals surface area contributed by atoms with E-state index in [0.717, 1.165) is 23.3 Å². The first kappa shape index (κ1) is 20.2. The number of fused-ring (bicyclic) bond motifs is 1. The molecular formula is C23H19ClF2N2O2. The van der Waals surface area contributed by atoms with Crippen LogP contribution in [0.4, 0.5) is 19.3 Å². The lowest BCUT2D eigenvalue weighted by molar-refractivity contribution is 0.150. The average Bonchev–Trinajstić information content (AvgIpc) is 2.74. The molecule has 4 rings (SSSR count). The third-order valence-corrected chi connectivity index (χ3v) is 5.22. The first-order valence-corrected chi connectivity index (χ1v) is 9.88. The minimum atomic E-state index is -0.831. The highest BCUT2D eigenvalue weighted by molar-refractivity contribution is 6.30. The van der Waals surface area contributed by atoms with Crippen molar-refractivity contribution in [3.63, 3.8) is 0 Å². The number of hydrogen-bond acceptors (Lipinski definition) is 2. The van der Waals surface area contributed by atoms with Crippen molar-refractivity contribution in [1.29, 1.82) is 0 Å². The summed E-state index contributed by atoms with van der Waals surface area (Å²) in [4.78, 5) is 14.8. The lowest BCUT2D eigenvalue weighted by Gasteiger charge is -2.36. The molecule has 1 atom stereocenters. The standard InChI is InChI=1S/C23H19ClF2N2O2/c24-16-6-8-18-21(10-11-30-22(18)12-16)28(14-15-4-2-1-3-5-15)23(29)27-20-9-7-17(25)13-19(20)26/h1-9,12-13,21H,10-11,14H2,(H,27,29). The number of nitrogens with one attached hydrogen (secondary N) is 1. The van der Waals surface area contributed by atoms with Crippen molar-refractivity contribution < 1.29 is 18.3 Å². The molecule has 1 heterocycles. The second-order valence-corrected chi connectivity index (χ2v) is 7.44. The van der Waals surface area contributed by atoms with E-state index in [9.17, 15) is 13.6 Å². The van der Waals surface area contributed by atoms with E-state index >= 15 is 0 Å². The normalized spacial score (nSPS) is 15.1. The zero-order valence-corrected chi connectivity index (χ0v) is 16.7. The predicted molar refractivity (Wildman–Crippen MR) is 112 cm³/mol. The Morgan fingerprint density at radius 3 is 2.67 bits per heavy atom. The van der Waals surface area contributed by atoms with Gasteiger partial charge in [-0.2, -0.15) is 0 Å². The Bertz CT molecular complexity index is 1060. The van der Waals surface area contributed by atoms with Gasteiger partial charge >= 0.3 is 6.03 Å². The van der Waals surface area contributed by atoms with Crippen molar-refractivity contribution in [2.75, 3.05) is 11.9 Å². The molecule has 0 saturated heterocycles.